The maximum absolute atomic E-state index is 12.6. The van der Waals surface area contributed by atoms with Crippen molar-refractivity contribution in [1.82, 2.24) is 5.32 Å². The van der Waals surface area contributed by atoms with Crippen molar-refractivity contribution in [3.63, 3.8) is 0 Å². The summed E-state index contributed by atoms with van der Waals surface area (Å²) in [7, 11) is -2.12. The van der Waals surface area contributed by atoms with E-state index in [4.69, 9.17) is 16.3 Å². The van der Waals surface area contributed by atoms with Gasteiger partial charge in [0.15, 0.2) is 0 Å². The van der Waals surface area contributed by atoms with Crippen LogP contribution in [0.25, 0.3) is 0 Å². The number of ether oxygens (including phenoxy) is 1. The zero-order chi connectivity index (χ0) is 20.2. The molecule has 0 heterocycles. The Bertz CT molecular complexity index is 931. The summed E-state index contributed by atoms with van der Waals surface area (Å²) in [6.45, 7) is 3.23. The number of hydrogen-bond donors (Lipinski definition) is 1. The molecule has 27 heavy (non-hydrogen) atoms. The summed E-state index contributed by atoms with van der Waals surface area (Å²) in [6.07, 6.45) is 1.06. The van der Waals surface area contributed by atoms with Crippen LogP contribution in [0.1, 0.15) is 24.1 Å². The number of benzene rings is 2. The van der Waals surface area contributed by atoms with Crippen LogP contribution in [0.2, 0.25) is 5.02 Å². The van der Waals surface area contributed by atoms with E-state index >= 15 is 0 Å². The highest BCUT2D eigenvalue weighted by molar-refractivity contribution is 7.92. The second kappa shape index (κ2) is 8.63. The molecule has 0 aliphatic rings. The van der Waals surface area contributed by atoms with Crippen molar-refractivity contribution in [1.29, 1.82) is 0 Å². The summed E-state index contributed by atoms with van der Waals surface area (Å²) in [4.78, 5) is 12.6. The highest BCUT2D eigenvalue weighted by atomic mass is 35.5. The first-order valence-electron chi connectivity index (χ1n) is 8.29. The molecule has 2 aromatic carbocycles. The number of nitrogens with one attached hydrogen (secondary N) is 1. The minimum Gasteiger partial charge on any atom is -0.496 e. The normalized spacial score (nSPS) is 12.3. The first kappa shape index (κ1) is 21.1. The highest BCUT2D eigenvalue weighted by Crippen LogP contribution is 2.27. The molecular formula is C19H23ClN2O4S. The summed E-state index contributed by atoms with van der Waals surface area (Å²) in [5.41, 5.74) is 1.89. The molecule has 0 aliphatic heterocycles. The van der Waals surface area contributed by atoms with Gasteiger partial charge in [0, 0.05) is 10.6 Å². The summed E-state index contributed by atoms with van der Waals surface area (Å²) in [5, 5.41) is 3.21. The first-order valence-corrected chi connectivity index (χ1v) is 10.5. The van der Waals surface area contributed by atoms with Gasteiger partial charge in [0.25, 0.3) is 0 Å². The van der Waals surface area contributed by atoms with Crippen molar-refractivity contribution in [3.8, 4) is 5.75 Å². The minimum absolute atomic E-state index is 0.348. The third-order valence-electron chi connectivity index (χ3n) is 4.11. The minimum atomic E-state index is -3.68. The van der Waals surface area contributed by atoms with Crippen LogP contribution < -0.4 is 14.4 Å². The van der Waals surface area contributed by atoms with Crippen LogP contribution in [0.5, 0.6) is 5.75 Å². The third kappa shape index (κ3) is 5.37. The Hall–Kier alpha value is -2.25. The lowest BCUT2D eigenvalue weighted by Crippen LogP contribution is -2.41. The fraction of sp³-hybridized carbons (Fsp3) is 0.316. The lowest BCUT2D eigenvalue weighted by atomic mass is 10.1. The van der Waals surface area contributed by atoms with E-state index in [0.29, 0.717) is 22.0 Å². The van der Waals surface area contributed by atoms with E-state index in [1.54, 1.807) is 32.2 Å². The Morgan fingerprint density at radius 3 is 2.56 bits per heavy atom. The molecule has 1 unspecified atom stereocenters. The van der Waals surface area contributed by atoms with E-state index in [9.17, 15) is 13.2 Å². The Morgan fingerprint density at radius 1 is 1.26 bits per heavy atom. The second-order valence-electron chi connectivity index (χ2n) is 6.23. The molecule has 0 spiro atoms. The largest absolute Gasteiger partial charge is 0.496 e. The smallest absolute Gasteiger partial charge is 0.241 e. The Morgan fingerprint density at radius 2 is 1.93 bits per heavy atom. The molecule has 0 aliphatic carbocycles. The maximum atomic E-state index is 12.6. The quantitative estimate of drug-likeness (QED) is 0.759. The van der Waals surface area contributed by atoms with E-state index < -0.39 is 15.9 Å². The lowest BCUT2D eigenvalue weighted by molar-refractivity contribution is -0.120. The highest BCUT2D eigenvalue weighted by Gasteiger charge is 2.24. The number of para-hydroxylation sites is 1. The standard InChI is InChI=1S/C19H23ClN2O4S/c1-13-9-10-15(20)11-17(13)22(27(4,24)25)12-19(23)21-14(2)16-7-5-6-8-18(16)26-3/h5-11,14H,12H2,1-4H3,(H,21,23). The van der Waals surface area contributed by atoms with Crippen molar-refractivity contribution >= 4 is 33.2 Å². The molecule has 0 aromatic heterocycles. The molecule has 0 fully saturated rings. The number of carbonyl (C=O) groups is 1. The average Bonchev–Trinajstić information content (AvgIpc) is 2.61. The van der Waals surface area contributed by atoms with Gasteiger partial charge in [-0.25, -0.2) is 8.42 Å². The van der Waals surface area contributed by atoms with Crippen LogP contribution in [0.3, 0.4) is 0 Å². The van der Waals surface area contributed by atoms with Crippen LogP contribution in [0.15, 0.2) is 42.5 Å². The van der Waals surface area contributed by atoms with Crippen molar-refractivity contribution in [3.05, 3.63) is 58.6 Å². The number of methoxy groups -OCH3 is 1. The van der Waals surface area contributed by atoms with Crippen molar-refractivity contribution in [2.24, 2.45) is 0 Å². The molecule has 0 saturated carbocycles. The number of hydrogen-bond acceptors (Lipinski definition) is 4. The second-order valence-corrected chi connectivity index (χ2v) is 8.57. The maximum Gasteiger partial charge on any atom is 0.241 e. The van der Waals surface area contributed by atoms with Gasteiger partial charge in [-0.15, -0.1) is 0 Å². The molecule has 8 heteroatoms. The first-order chi connectivity index (χ1) is 12.6. The number of aryl methyl sites for hydroxylation is 1. The van der Waals surface area contributed by atoms with Gasteiger partial charge in [-0.3, -0.25) is 9.10 Å². The zero-order valence-corrected chi connectivity index (χ0v) is 17.3. The van der Waals surface area contributed by atoms with Gasteiger partial charge in [0.05, 0.1) is 25.1 Å². The zero-order valence-electron chi connectivity index (χ0n) is 15.7. The molecule has 0 bridgehead atoms. The molecule has 1 atom stereocenters. The third-order valence-corrected chi connectivity index (χ3v) is 5.47. The predicted octanol–water partition coefficient (Wildman–Crippen LogP) is 3.30. The number of carbonyl (C=O) groups excluding carboxylic acids is 1. The molecule has 6 nitrogen and oxygen atoms in total. The van der Waals surface area contributed by atoms with Crippen LogP contribution in [0.4, 0.5) is 5.69 Å². The summed E-state index contributed by atoms with van der Waals surface area (Å²) >= 11 is 6.01. The molecule has 0 radical (unpaired) electrons. The summed E-state index contributed by atoms with van der Waals surface area (Å²) in [6, 6.07) is 11.9. The van der Waals surface area contributed by atoms with Gasteiger partial charge in [0.2, 0.25) is 15.9 Å². The molecule has 2 rings (SSSR count). The van der Waals surface area contributed by atoms with Crippen molar-refractivity contribution in [2.45, 2.75) is 19.9 Å². The van der Waals surface area contributed by atoms with Gasteiger partial charge in [-0.1, -0.05) is 35.9 Å². The van der Waals surface area contributed by atoms with Gasteiger partial charge in [0.1, 0.15) is 12.3 Å². The molecule has 2 aromatic rings. The molecule has 146 valence electrons. The van der Waals surface area contributed by atoms with E-state index in [1.807, 2.05) is 25.1 Å². The van der Waals surface area contributed by atoms with Gasteiger partial charge >= 0.3 is 0 Å². The number of amides is 1. The average molecular weight is 411 g/mol. The summed E-state index contributed by atoms with van der Waals surface area (Å²) in [5.74, 6) is 0.217. The van der Waals surface area contributed by atoms with E-state index in [2.05, 4.69) is 5.32 Å². The fourth-order valence-corrected chi connectivity index (χ4v) is 3.82. The fourth-order valence-electron chi connectivity index (χ4n) is 2.75. The summed E-state index contributed by atoms with van der Waals surface area (Å²) < 4.78 is 30.9. The van der Waals surface area contributed by atoms with Gasteiger partial charge in [-0.2, -0.15) is 0 Å². The number of anilines is 1. The van der Waals surface area contributed by atoms with Crippen molar-refractivity contribution in [2.75, 3.05) is 24.2 Å². The van der Waals surface area contributed by atoms with Crippen LogP contribution in [-0.4, -0.2) is 34.2 Å². The molecule has 0 saturated heterocycles. The van der Waals surface area contributed by atoms with Crippen LogP contribution >= 0.6 is 11.6 Å². The number of halogens is 1. The number of nitrogens with zero attached hydrogens (tertiary/aromatic N) is 1. The Kier molecular flexibility index (Phi) is 6.73. The van der Waals surface area contributed by atoms with Gasteiger partial charge in [-0.05, 0) is 37.6 Å². The topological polar surface area (TPSA) is 75.7 Å². The van der Waals surface area contributed by atoms with E-state index in [0.717, 1.165) is 16.1 Å². The Labute approximate surface area is 165 Å². The lowest BCUT2D eigenvalue weighted by Gasteiger charge is -2.25. The van der Waals surface area contributed by atoms with E-state index in [1.165, 1.54) is 6.07 Å². The number of sulfonamides is 1. The Balaban J connectivity index is 2.23. The predicted molar refractivity (Wildman–Crippen MR) is 108 cm³/mol. The SMILES string of the molecule is COc1ccccc1C(C)NC(=O)CN(c1cc(Cl)ccc1C)S(C)(=O)=O. The van der Waals surface area contributed by atoms with Gasteiger partial charge < -0.3 is 10.1 Å². The molecule has 1 N–H and O–H groups in total. The van der Waals surface area contributed by atoms with Crippen molar-refractivity contribution < 1.29 is 17.9 Å². The monoisotopic (exact) mass is 410 g/mol. The van der Waals surface area contributed by atoms with Crippen LogP contribution in [-0.2, 0) is 14.8 Å². The van der Waals surface area contributed by atoms with E-state index in [-0.39, 0.29) is 12.6 Å². The van der Waals surface area contributed by atoms with Crippen LogP contribution in [0, 0.1) is 6.92 Å². The number of rotatable bonds is 7. The molecule has 1 amide bonds. The molecular weight excluding hydrogens is 388 g/mol.